The molecule has 0 aromatic heterocycles. The number of aromatic carboxylic acids is 1. The third kappa shape index (κ3) is 3.25. The molecule has 1 unspecified atom stereocenters. The van der Waals surface area contributed by atoms with Gasteiger partial charge in [-0.25, -0.2) is 9.59 Å². The van der Waals surface area contributed by atoms with Gasteiger partial charge in [-0.3, -0.25) is 4.79 Å². The summed E-state index contributed by atoms with van der Waals surface area (Å²) in [6, 6.07) is 3.90. The predicted molar refractivity (Wildman–Crippen MR) is 71.7 cm³/mol. The maximum Gasteiger partial charge on any atom is 0.335 e. The Kier molecular flexibility index (Phi) is 3.88. The number of urea groups is 1. The average Bonchev–Trinajstić information content (AvgIpc) is 2.74. The minimum Gasteiger partial charge on any atom is -0.478 e. The second kappa shape index (κ2) is 5.60. The molecule has 1 fully saturated rings. The molecule has 7 nitrogen and oxygen atoms in total. The van der Waals surface area contributed by atoms with Crippen molar-refractivity contribution in [3.05, 3.63) is 29.3 Å². The number of amides is 3. The SMILES string of the molecule is Cc1cc(NC(=O)NC2CNC(=O)C2)ccc1C(=O)O. The van der Waals surface area contributed by atoms with E-state index in [2.05, 4.69) is 16.0 Å². The van der Waals surface area contributed by atoms with Gasteiger partial charge in [-0.1, -0.05) is 0 Å². The van der Waals surface area contributed by atoms with Crippen molar-refractivity contribution in [1.29, 1.82) is 0 Å². The number of anilines is 1. The van der Waals surface area contributed by atoms with Crippen LogP contribution in [0.5, 0.6) is 0 Å². The van der Waals surface area contributed by atoms with Gasteiger partial charge in [0.25, 0.3) is 0 Å². The van der Waals surface area contributed by atoms with Crippen LogP contribution in [0.25, 0.3) is 0 Å². The quantitative estimate of drug-likeness (QED) is 0.652. The van der Waals surface area contributed by atoms with Crippen molar-refractivity contribution in [2.45, 2.75) is 19.4 Å². The number of carbonyl (C=O) groups is 3. The van der Waals surface area contributed by atoms with Gasteiger partial charge in [0.1, 0.15) is 0 Å². The van der Waals surface area contributed by atoms with Crippen LogP contribution in [0.3, 0.4) is 0 Å². The Labute approximate surface area is 115 Å². The molecule has 106 valence electrons. The molecule has 2 rings (SSSR count). The second-order valence-corrected chi connectivity index (χ2v) is 4.64. The molecule has 1 aromatic carbocycles. The summed E-state index contributed by atoms with van der Waals surface area (Å²) < 4.78 is 0. The highest BCUT2D eigenvalue weighted by atomic mass is 16.4. The van der Waals surface area contributed by atoms with Gasteiger partial charge < -0.3 is 21.1 Å². The summed E-state index contributed by atoms with van der Waals surface area (Å²) in [7, 11) is 0. The Morgan fingerprint density at radius 2 is 2.15 bits per heavy atom. The molecule has 3 amide bonds. The summed E-state index contributed by atoms with van der Waals surface area (Å²) in [5.74, 6) is -1.09. The van der Waals surface area contributed by atoms with Gasteiger partial charge in [0.2, 0.25) is 5.91 Å². The number of hydrogen-bond donors (Lipinski definition) is 4. The maximum absolute atomic E-state index is 11.7. The zero-order valence-electron chi connectivity index (χ0n) is 10.9. The van der Waals surface area contributed by atoms with E-state index in [9.17, 15) is 14.4 Å². The molecule has 0 aliphatic carbocycles. The van der Waals surface area contributed by atoms with Gasteiger partial charge in [-0.15, -0.1) is 0 Å². The highest BCUT2D eigenvalue weighted by molar-refractivity contribution is 5.93. The van der Waals surface area contributed by atoms with Crippen LogP contribution in [0.4, 0.5) is 10.5 Å². The van der Waals surface area contributed by atoms with Crippen molar-refractivity contribution >= 4 is 23.6 Å². The summed E-state index contributed by atoms with van der Waals surface area (Å²) in [6.07, 6.45) is 0.268. The van der Waals surface area contributed by atoms with Crippen molar-refractivity contribution in [1.82, 2.24) is 10.6 Å². The van der Waals surface area contributed by atoms with E-state index in [1.54, 1.807) is 13.0 Å². The summed E-state index contributed by atoms with van der Waals surface area (Å²) in [6.45, 7) is 2.08. The minimum atomic E-state index is -1.01. The molecule has 4 N–H and O–H groups in total. The van der Waals surface area contributed by atoms with E-state index in [-0.39, 0.29) is 23.9 Å². The van der Waals surface area contributed by atoms with Gasteiger partial charge in [0.05, 0.1) is 11.6 Å². The predicted octanol–water partition coefficient (Wildman–Crippen LogP) is 0.703. The van der Waals surface area contributed by atoms with Gasteiger partial charge >= 0.3 is 12.0 Å². The Morgan fingerprint density at radius 3 is 2.70 bits per heavy atom. The van der Waals surface area contributed by atoms with Crippen LogP contribution in [-0.2, 0) is 4.79 Å². The second-order valence-electron chi connectivity index (χ2n) is 4.64. The lowest BCUT2D eigenvalue weighted by molar-refractivity contribution is -0.119. The highest BCUT2D eigenvalue weighted by Gasteiger charge is 2.22. The fourth-order valence-electron chi connectivity index (χ4n) is 2.04. The topological polar surface area (TPSA) is 108 Å². The zero-order chi connectivity index (χ0) is 14.7. The number of hydrogen-bond acceptors (Lipinski definition) is 3. The summed E-state index contributed by atoms with van der Waals surface area (Å²) >= 11 is 0. The van der Waals surface area contributed by atoms with Crippen LogP contribution in [-0.4, -0.2) is 35.6 Å². The Morgan fingerprint density at radius 1 is 1.40 bits per heavy atom. The number of benzene rings is 1. The van der Waals surface area contributed by atoms with E-state index in [1.807, 2.05) is 0 Å². The van der Waals surface area contributed by atoms with Gasteiger partial charge in [-0.05, 0) is 30.7 Å². The van der Waals surface area contributed by atoms with Crippen LogP contribution in [0.2, 0.25) is 0 Å². The first-order valence-electron chi connectivity index (χ1n) is 6.14. The first-order valence-corrected chi connectivity index (χ1v) is 6.14. The number of rotatable bonds is 3. The van der Waals surface area contributed by atoms with E-state index in [0.29, 0.717) is 17.8 Å². The average molecular weight is 277 g/mol. The molecule has 7 heteroatoms. The molecule has 20 heavy (non-hydrogen) atoms. The largest absolute Gasteiger partial charge is 0.478 e. The van der Waals surface area contributed by atoms with Crippen molar-refractivity contribution in [2.24, 2.45) is 0 Å². The van der Waals surface area contributed by atoms with E-state index in [1.165, 1.54) is 12.1 Å². The Balaban J connectivity index is 1.96. The van der Waals surface area contributed by atoms with Gasteiger partial charge in [-0.2, -0.15) is 0 Å². The normalized spacial score (nSPS) is 17.4. The standard InChI is InChI=1S/C13H15N3O4/c1-7-4-8(2-3-10(7)12(18)19)15-13(20)16-9-5-11(17)14-6-9/h2-4,9H,5-6H2,1H3,(H,14,17)(H,18,19)(H2,15,16,20). The number of carboxylic acids is 1. The number of carbonyl (C=O) groups excluding carboxylic acids is 2. The molecule has 0 saturated carbocycles. The van der Waals surface area contributed by atoms with E-state index < -0.39 is 12.0 Å². The smallest absolute Gasteiger partial charge is 0.335 e. The molecule has 0 bridgehead atoms. The molecular weight excluding hydrogens is 262 g/mol. The third-order valence-electron chi connectivity index (χ3n) is 3.03. The number of nitrogens with one attached hydrogen (secondary N) is 3. The molecule has 1 aromatic rings. The van der Waals surface area contributed by atoms with Crippen molar-refractivity contribution in [3.8, 4) is 0 Å². The van der Waals surface area contributed by atoms with Crippen LogP contribution in [0.1, 0.15) is 22.3 Å². The molecule has 1 saturated heterocycles. The molecule has 1 aliphatic heterocycles. The molecular formula is C13H15N3O4. The van der Waals surface area contributed by atoms with Crippen LogP contribution in [0, 0.1) is 6.92 Å². The van der Waals surface area contributed by atoms with E-state index in [4.69, 9.17) is 5.11 Å². The van der Waals surface area contributed by atoms with Crippen molar-refractivity contribution in [2.75, 3.05) is 11.9 Å². The van der Waals surface area contributed by atoms with E-state index in [0.717, 1.165) is 0 Å². The Hall–Kier alpha value is -2.57. The highest BCUT2D eigenvalue weighted by Crippen LogP contribution is 2.15. The fourth-order valence-corrected chi connectivity index (χ4v) is 2.04. The van der Waals surface area contributed by atoms with E-state index >= 15 is 0 Å². The summed E-state index contributed by atoms with van der Waals surface area (Å²) in [5, 5.41) is 16.8. The monoisotopic (exact) mass is 277 g/mol. The van der Waals surface area contributed by atoms with Crippen molar-refractivity contribution < 1.29 is 19.5 Å². The van der Waals surface area contributed by atoms with Gasteiger partial charge in [0.15, 0.2) is 0 Å². The Bertz CT molecular complexity index is 571. The maximum atomic E-state index is 11.7. The first kappa shape index (κ1) is 13.9. The fraction of sp³-hybridized carbons (Fsp3) is 0.308. The zero-order valence-corrected chi connectivity index (χ0v) is 10.9. The summed E-state index contributed by atoms with van der Waals surface area (Å²) in [5.41, 5.74) is 1.26. The van der Waals surface area contributed by atoms with Crippen molar-refractivity contribution in [3.63, 3.8) is 0 Å². The summed E-state index contributed by atoms with van der Waals surface area (Å²) in [4.78, 5) is 33.6. The molecule has 1 heterocycles. The molecule has 0 spiro atoms. The number of aryl methyl sites for hydroxylation is 1. The van der Waals surface area contributed by atoms with Crippen LogP contribution < -0.4 is 16.0 Å². The van der Waals surface area contributed by atoms with Crippen LogP contribution >= 0.6 is 0 Å². The van der Waals surface area contributed by atoms with Crippen LogP contribution in [0.15, 0.2) is 18.2 Å². The lowest BCUT2D eigenvalue weighted by Crippen LogP contribution is -2.39. The lowest BCUT2D eigenvalue weighted by atomic mass is 10.1. The minimum absolute atomic E-state index is 0.0862. The van der Waals surface area contributed by atoms with Gasteiger partial charge in [0, 0.05) is 18.7 Å². The first-order chi connectivity index (χ1) is 9.45. The molecule has 0 radical (unpaired) electrons. The molecule has 1 aliphatic rings. The molecule has 1 atom stereocenters. The third-order valence-corrected chi connectivity index (χ3v) is 3.03. The number of carboxylic acid groups (broad SMARTS) is 1. The lowest BCUT2D eigenvalue weighted by Gasteiger charge is -2.12.